The molecule has 0 radical (unpaired) electrons. The number of hydrogen-bond donors (Lipinski definition) is 0. The van der Waals surface area contributed by atoms with Crippen molar-refractivity contribution in [2.45, 2.75) is 39.0 Å². The Kier molecular flexibility index (Phi) is 6.88. The number of pyridine rings is 1. The molecule has 162 valence electrons. The molecule has 0 N–H and O–H groups in total. The Morgan fingerprint density at radius 2 is 1.50 bits per heavy atom. The second kappa shape index (κ2) is 9.81. The number of aromatic nitrogens is 3. The third kappa shape index (κ3) is 5.35. The Bertz CT molecular complexity index is 1200. The fourth-order valence-corrected chi connectivity index (χ4v) is 4.08. The summed E-state index contributed by atoms with van der Waals surface area (Å²) in [5.74, 6) is 0.625. The highest BCUT2D eigenvalue weighted by Crippen LogP contribution is 2.29. The summed E-state index contributed by atoms with van der Waals surface area (Å²) in [6.45, 7) is 6.43. The van der Waals surface area contributed by atoms with E-state index in [-0.39, 0.29) is 5.92 Å². The molecule has 0 aliphatic carbocycles. The van der Waals surface area contributed by atoms with E-state index in [1.54, 1.807) is 0 Å². The van der Waals surface area contributed by atoms with Crippen LogP contribution in [0, 0.1) is 0 Å². The van der Waals surface area contributed by atoms with E-state index >= 15 is 0 Å². The molecule has 0 saturated carbocycles. The van der Waals surface area contributed by atoms with Crippen LogP contribution in [0.15, 0.2) is 73.3 Å². The number of halogens is 2. The first-order valence-electron chi connectivity index (χ1n) is 10.7. The van der Waals surface area contributed by atoms with Gasteiger partial charge >= 0.3 is 0 Å². The molecule has 0 spiro atoms. The molecule has 3 nitrogen and oxygen atoms in total. The molecule has 4 aromatic rings. The van der Waals surface area contributed by atoms with Crippen LogP contribution in [0.4, 0.5) is 0 Å². The van der Waals surface area contributed by atoms with Gasteiger partial charge < -0.3 is 0 Å². The summed E-state index contributed by atoms with van der Waals surface area (Å²) >= 11 is 12.5. The van der Waals surface area contributed by atoms with Crippen LogP contribution in [0.1, 0.15) is 49.4 Å². The SMILES string of the molecule is CC(C)c1cnc(-c2cc(Cl)cc(CC(C)c3cncc(-c4ccc(Cl)cc4)c3)c2)cn1. The zero-order valence-corrected chi connectivity index (χ0v) is 19.9. The summed E-state index contributed by atoms with van der Waals surface area (Å²) in [5, 5.41) is 1.43. The van der Waals surface area contributed by atoms with Crippen LogP contribution < -0.4 is 0 Å². The monoisotopic (exact) mass is 461 g/mol. The summed E-state index contributed by atoms with van der Waals surface area (Å²) in [6, 6.07) is 16.1. The Labute approximate surface area is 199 Å². The first-order chi connectivity index (χ1) is 15.4. The van der Waals surface area contributed by atoms with Crippen molar-refractivity contribution in [3.8, 4) is 22.4 Å². The first-order valence-corrected chi connectivity index (χ1v) is 11.5. The second-order valence-electron chi connectivity index (χ2n) is 8.45. The molecular formula is C27H25Cl2N3. The van der Waals surface area contributed by atoms with E-state index < -0.39 is 0 Å². The molecule has 0 aliphatic heterocycles. The van der Waals surface area contributed by atoms with E-state index in [0.717, 1.165) is 45.1 Å². The van der Waals surface area contributed by atoms with Crippen molar-refractivity contribution < 1.29 is 0 Å². The number of rotatable bonds is 6. The maximum atomic E-state index is 6.46. The van der Waals surface area contributed by atoms with Gasteiger partial charge in [-0.15, -0.1) is 0 Å². The van der Waals surface area contributed by atoms with Gasteiger partial charge in [0.25, 0.3) is 0 Å². The third-order valence-corrected chi connectivity index (χ3v) is 6.03. The third-order valence-electron chi connectivity index (χ3n) is 5.56. The van der Waals surface area contributed by atoms with Crippen LogP contribution in [-0.4, -0.2) is 15.0 Å². The smallest absolute Gasteiger partial charge is 0.0886 e. The first kappa shape index (κ1) is 22.4. The topological polar surface area (TPSA) is 38.7 Å². The summed E-state index contributed by atoms with van der Waals surface area (Å²) in [6.07, 6.45) is 8.34. The molecule has 1 atom stereocenters. The van der Waals surface area contributed by atoms with E-state index in [4.69, 9.17) is 23.2 Å². The van der Waals surface area contributed by atoms with Crippen molar-refractivity contribution in [3.05, 3.63) is 100 Å². The van der Waals surface area contributed by atoms with E-state index in [1.807, 2.05) is 61.2 Å². The van der Waals surface area contributed by atoms with Crippen molar-refractivity contribution in [2.75, 3.05) is 0 Å². The summed E-state index contributed by atoms with van der Waals surface area (Å²) in [5.41, 5.74) is 7.32. The van der Waals surface area contributed by atoms with Gasteiger partial charge in [-0.2, -0.15) is 0 Å². The predicted molar refractivity (Wildman–Crippen MR) is 133 cm³/mol. The molecule has 1 unspecified atom stereocenters. The largest absolute Gasteiger partial charge is 0.264 e. The van der Waals surface area contributed by atoms with E-state index in [9.17, 15) is 0 Å². The van der Waals surface area contributed by atoms with Gasteiger partial charge in [-0.05, 0) is 71.3 Å². The van der Waals surface area contributed by atoms with Crippen molar-refractivity contribution in [1.29, 1.82) is 0 Å². The van der Waals surface area contributed by atoms with Crippen LogP contribution in [-0.2, 0) is 6.42 Å². The lowest BCUT2D eigenvalue weighted by Gasteiger charge is -2.14. The molecular weight excluding hydrogens is 437 g/mol. The van der Waals surface area contributed by atoms with Crippen LogP contribution in [0.3, 0.4) is 0 Å². The lowest BCUT2D eigenvalue weighted by molar-refractivity contribution is 0.755. The molecule has 0 fully saturated rings. The molecule has 5 heteroatoms. The zero-order chi connectivity index (χ0) is 22.7. The lowest BCUT2D eigenvalue weighted by atomic mass is 9.92. The maximum absolute atomic E-state index is 6.46. The average Bonchev–Trinajstić information content (AvgIpc) is 2.79. The standard InChI is InChI=1S/C27H25Cl2N3/c1-17(2)26-15-32-27(16-31-26)21-9-19(10-25(29)12-21)8-18(3)22-11-23(14-30-13-22)20-4-6-24(28)7-5-20/h4-7,9-18H,8H2,1-3H3. The quantitative estimate of drug-likeness (QED) is 0.292. The molecule has 0 aliphatic rings. The summed E-state index contributed by atoms with van der Waals surface area (Å²) < 4.78 is 0. The average molecular weight is 462 g/mol. The molecule has 0 amide bonds. The van der Waals surface area contributed by atoms with Gasteiger partial charge in [0, 0.05) is 39.8 Å². The van der Waals surface area contributed by atoms with Gasteiger partial charge in [-0.3, -0.25) is 15.0 Å². The molecule has 0 bridgehead atoms. The second-order valence-corrected chi connectivity index (χ2v) is 9.32. The fraction of sp³-hybridized carbons (Fsp3) is 0.222. The molecule has 2 aromatic heterocycles. The molecule has 4 rings (SSSR count). The summed E-state index contributed by atoms with van der Waals surface area (Å²) in [7, 11) is 0. The Hall–Kier alpha value is -2.75. The number of hydrogen-bond acceptors (Lipinski definition) is 3. The Morgan fingerprint density at radius 1 is 0.719 bits per heavy atom. The maximum Gasteiger partial charge on any atom is 0.0886 e. The van der Waals surface area contributed by atoms with E-state index in [0.29, 0.717) is 10.9 Å². The molecule has 2 aromatic carbocycles. The molecule has 2 heterocycles. The van der Waals surface area contributed by atoms with Gasteiger partial charge in [0.05, 0.1) is 17.6 Å². The van der Waals surface area contributed by atoms with Crippen LogP contribution in [0.25, 0.3) is 22.4 Å². The van der Waals surface area contributed by atoms with Crippen molar-refractivity contribution in [2.24, 2.45) is 0 Å². The van der Waals surface area contributed by atoms with Gasteiger partial charge in [-0.1, -0.05) is 56.1 Å². The van der Waals surface area contributed by atoms with E-state index in [1.165, 1.54) is 5.56 Å². The van der Waals surface area contributed by atoms with Crippen LogP contribution in [0.5, 0.6) is 0 Å². The van der Waals surface area contributed by atoms with Gasteiger partial charge in [0.1, 0.15) is 0 Å². The van der Waals surface area contributed by atoms with E-state index in [2.05, 4.69) is 47.9 Å². The number of nitrogens with zero attached hydrogens (tertiary/aromatic N) is 3. The minimum absolute atomic E-state index is 0.274. The van der Waals surface area contributed by atoms with Gasteiger partial charge in [0.15, 0.2) is 0 Å². The highest BCUT2D eigenvalue weighted by atomic mass is 35.5. The van der Waals surface area contributed by atoms with Crippen molar-refractivity contribution >= 4 is 23.2 Å². The van der Waals surface area contributed by atoms with Gasteiger partial charge in [0.2, 0.25) is 0 Å². The minimum Gasteiger partial charge on any atom is -0.264 e. The molecule has 0 saturated heterocycles. The lowest BCUT2D eigenvalue weighted by Crippen LogP contribution is -2.01. The van der Waals surface area contributed by atoms with Crippen molar-refractivity contribution in [3.63, 3.8) is 0 Å². The van der Waals surface area contributed by atoms with Gasteiger partial charge in [-0.25, -0.2) is 0 Å². The fourth-order valence-electron chi connectivity index (χ4n) is 3.70. The highest BCUT2D eigenvalue weighted by molar-refractivity contribution is 6.31. The zero-order valence-electron chi connectivity index (χ0n) is 18.4. The summed E-state index contributed by atoms with van der Waals surface area (Å²) in [4.78, 5) is 13.6. The van der Waals surface area contributed by atoms with Crippen molar-refractivity contribution in [1.82, 2.24) is 15.0 Å². The highest BCUT2D eigenvalue weighted by Gasteiger charge is 2.12. The Morgan fingerprint density at radius 3 is 2.19 bits per heavy atom. The Balaban J connectivity index is 1.56. The normalized spacial score (nSPS) is 12.2. The van der Waals surface area contributed by atoms with Crippen LogP contribution >= 0.6 is 23.2 Å². The van der Waals surface area contributed by atoms with Crippen LogP contribution in [0.2, 0.25) is 10.0 Å². The molecule has 32 heavy (non-hydrogen) atoms. The number of benzene rings is 2. The minimum atomic E-state index is 0.274. The predicted octanol–water partition coefficient (Wildman–Crippen LogP) is 7.98.